The molecule has 2 aliphatic rings. The lowest BCUT2D eigenvalue weighted by molar-refractivity contribution is -0.133. The van der Waals surface area contributed by atoms with Crippen LogP contribution >= 0.6 is 0 Å². The summed E-state index contributed by atoms with van der Waals surface area (Å²) < 4.78 is 0. The molecule has 0 aromatic rings. The number of carbonyl (C=O) groups excluding carboxylic acids is 2. The third-order valence-electron chi connectivity index (χ3n) is 4.02. The summed E-state index contributed by atoms with van der Waals surface area (Å²) in [6, 6.07) is 0.558. The zero-order valence-corrected chi connectivity index (χ0v) is 12.0. The molecule has 1 saturated heterocycles. The van der Waals surface area contributed by atoms with Crippen LogP contribution in [0.3, 0.4) is 0 Å². The number of nitrogens with one attached hydrogen (secondary N) is 1. The molecule has 0 aromatic carbocycles. The molecule has 0 bridgehead atoms. The second kappa shape index (κ2) is 6.37. The van der Waals surface area contributed by atoms with Crippen molar-refractivity contribution < 1.29 is 9.59 Å². The summed E-state index contributed by atoms with van der Waals surface area (Å²) in [7, 11) is 0. The van der Waals surface area contributed by atoms with Gasteiger partial charge < -0.3 is 15.1 Å². The molecule has 1 atom stereocenters. The third-order valence-corrected chi connectivity index (χ3v) is 4.02. The first-order chi connectivity index (χ1) is 9.15. The predicted molar refractivity (Wildman–Crippen MR) is 73.7 cm³/mol. The van der Waals surface area contributed by atoms with E-state index in [-0.39, 0.29) is 17.9 Å². The van der Waals surface area contributed by atoms with Gasteiger partial charge in [0.1, 0.15) is 0 Å². The summed E-state index contributed by atoms with van der Waals surface area (Å²) in [4.78, 5) is 27.7. The first-order valence-electron chi connectivity index (χ1n) is 7.48. The monoisotopic (exact) mass is 267 g/mol. The Labute approximate surface area is 115 Å². The van der Waals surface area contributed by atoms with Crippen LogP contribution in [0.15, 0.2) is 0 Å². The molecule has 2 amide bonds. The normalized spacial score (nSPS) is 22.9. The van der Waals surface area contributed by atoms with Crippen molar-refractivity contribution in [2.24, 2.45) is 0 Å². The molecule has 1 aliphatic carbocycles. The van der Waals surface area contributed by atoms with E-state index in [1.165, 1.54) is 12.8 Å². The number of nitrogens with zero attached hydrogens (tertiary/aromatic N) is 2. The summed E-state index contributed by atoms with van der Waals surface area (Å²) in [5.74, 6) is 0.329. The van der Waals surface area contributed by atoms with Crippen LogP contribution in [0.1, 0.15) is 39.5 Å². The maximum absolute atomic E-state index is 12.1. The van der Waals surface area contributed by atoms with E-state index < -0.39 is 0 Å². The van der Waals surface area contributed by atoms with Gasteiger partial charge in [0.15, 0.2) is 0 Å². The maximum atomic E-state index is 12.1. The molecule has 5 heteroatoms. The molecular formula is C14H25N3O2. The third kappa shape index (κ3) is 3.69. The quantitative estimate of drug-likeness (QED) is 0.735. The first kappa shape index (κ1) is 14.3. The molecule has 108 valence electrons. The van der Waals surface area contributed by atoms with Gasteiger partial charge in [-0.1, -0.05) is 0 Å². The van der Waals surface area contributed by atoms with Gasteiger partial charge in [-0.3, -0.25) is 9.59 Å². The minimum absolute atomic E-state index is 0.00365. The number of likely N-dealkylation sites (tertiary alicyclic amines) is 1. The van der Waals surface area contributed by atoms with Crippen molar-refractivity contribution in [2.45, 2.75) is 51.6 Å². The molecule has 5 nitrogen and oxygen atoms in total. The van der Waals surface area contributed by atoms with E-state index in [9.17, 15) is 9.59 Å². The van der Waals surface area contributed by atoms with Crippen LogP contribution in [0.25, 0.3) is 0 Å². The van der Waals surface area contributed by atoms with Crippen LogP contribution in [0, 0.1) is 0 Å². The molecule has 0 aromatic heterocycles. The minimum atomic E-state index is -0.00365. The van der Waals surface area contributed by atoms with Crippen LogP contribution < -0.4 is 5.32 Å². The fraction of sp³-hybridized carbons (Fsp3) is 0.857. The number of hydrogen-bond acceptors (Lipinski definition) is 3. The van der Waals surface area contributed by atoms with Crippen molar-refractivity contribution in [3.63, 3.8) is 0 Å². The Kier molecular flexibility index (Phi) is 4.80. The van der Waals surface area contributed by atoms with Gasteiger partial charge in [-0.2, -0.15) is 0 Å². The summed E-state index contributed by atoms with van der Waals surface area (Å²) >= 11 is 0. The van der Waals surface area contributed by atoms with Crippen molar-refractivity contribution in [1.29, 1.82) is 0 Å². The Bertz CT molecular complexity index is 338. The number of carbonyl (C=O) groups is 2. The van der Waals surface area contributed by atoms with Crippen LogP contribution in [0.2, 0.25) is 0 Å². The van der Waals surface area contributed by atoms with Crippen molar-refractivity contribution >= 4 is 11.8 Å². The molecule has 2 rings (SSSR count). The van der Waals surface area contributed by atoms with E-state index in [1.807, 2.05) is 23.6 Å². The van der Waals surface area contributed by atoms with Crippen molar-refractivity contribution in [2.75, 3.05) is 26.2 Å². The van der Waals surface area contributed by atoms with Gasteiger partial charge in [-0.05, 0) is 33.1 Å². The molecule has 1 aliphatic heterocycles. The smallest absolute Gasteiger partial charge is 0.239 e. The van der Waals surface area contributed by atoms with Gasteiger partial charge in [0.2, 0.25) is 11.8 Å². The number of amides is 2. The summed E-state index contributed by atoms with van der Waals surface area (Å²) in [5.41, 5.74) is 0. The fourth-order valence-corrected chi connectivity index (χ4v) is 2.62. The number of rotatable bonds is 7. The first-order valence-corrected chi connectivity index (χ1v) is 7.48. The average Bonchev–Trinajstić information content (AvgIpc) is 3.15. The molecule has 1 unspecified atom stereocenters. The Balaban J connectivity index is 1.74. The second-order valence-corrected chi connectivity index (χ2v) is 5.42. The van der Waals surface area contributed by atoms with E-state index in [4.69, 9.17) is 0 Å². The van der Waals surface area contributed by atoms with Gasteiger partial charge in [-0.15, -0.1) is 0 Å². The molecule has 0 spiro atoms. The zero-order chi connectivity index (χ0) is 13.8. The van der Waals surface area contributed by atoms with Gasteiger partial charge in [0.05, 0.1) is 6.04 Å². The van der Waals surface area contributed by atoms with Crippen LogP contribution in [-0.2, 0) is 9.59 Å². The Morgan fingerprint density at radius 1 is 1.32 bits per heavy atom. The van der Waals surface area contributed by atoms with E-state index in [1.54, 1.807) is 0 Å². The van der Waals surface area contributed by atoms with Gasteiger partial charge in [0.25, 0.3) is 0 Å². The largest absolute Gasteiger partial charge is 0.343 e. The summed E-state index contributed by atoms with van der Waals surface area (Å²) in [5, 5.41) is 3.38. The highest BCUT2D eigenvalue weighted by molar-refractivity contribution is 5.85. The molecule has 19 heavy (non-hydrogen) atoms. The lowest BCUT2D eigenvalue weighted by Crippen LogP contribution is -2.40. The van der Waals surface area contributed by atoms with E-state index in [0.29, 0.717) is 19.0 Å². The Morgan fingerprint density at radius 3 is 2.58 bits per heavy atom. The van der Waals surface area contributed by atoms with Crippen molar-refractivity contribution in [1.82, 2.24) is 15.1 Å². The minimum Gasteiger partial charge on any atom is -0.343 e. The van der Waals surface area contributed by atoms with Crippen molar-refractivity contribution in [3.05, 3.63) is 0 Å². The predicted octanol–water partition coefficient (Wildman–Crippen LogP) is 0.598. The Morgan fingerprint density at radius 2 is 2.00 bits per heavy atom. The fourth-order valence-electron chi connectivity index (χ4n) is 2.62. The Hall–Kier alpha value is -1.10. The van der Waals surface area contributed by atoms with E-state index >= 15 is 0 Å². The van der Waals surface area contributed by atoms with Crippen LogP contribution in [0.4, 0.5) is 0 Å². The molecule has 1 saturated carbocycles. The lowest BCUT2D eigenvalue weighted by Gasteiger charge is -2.21. The topological polar surface area (TPSA) is 52.7 Å². The summed E-state index contributed by atoms with van der Waals surface area (Å²) in [6.45, 7) is 6.81. The SMILES string of the molecule is CCN(CC)C(=O)CCN1CCC(NC2CC2)C1=O. The molecule has 1 N–H and O–H groups in total. The maximum Gasteiger partial charge on any atom is 0.239 e. The highest BCUT2D eigenvalue weighted by atomic mass is 16.2. The highest BCUT2D eigenvalue weighted by Crippen LogP contribution is 2.22. The zero-order valence-electron chi connectivity index (χ0n) is 12.0. The standard InChI is InChI=1S/C14H25N3O2/c1-3-16(4-2)13(18)8-10-17-9-7-12(14(17)19)15-11-5-6-11/h11-12,15H,3-10H2,1-2H3. The van der Waals surface area contributed by atoms with Gasteiger partial charge in [-0.25, -0.2) is 0 Å². The van der Waals surface area contributed by atoms with Crippen LogP contribution in [0.5, 0.6) is 0 Å². The highest BCUT2D eigenvalue weighted by Gasteiger charge is 2.35. The molecule has 2 fully saturated rings. The number of hydrogen-bond donors (Lipinski definition) is 1. The van der Waals surface area contributed by atoms with Crippen LogP contribution in [-0.4, -0.2) is 59.9 Å². The van der Waals surface area contributed by atoms with E-state index in [2.05, 4.69) is 5.32 Å². The lowest BCUT2D eigenvalue weighted by atomic mass is 10.2. The molecule has 0 radical (unpaired) electrons. The molecular weight excluding hydrogens is 242 g/mol. The average molecular weight is 267 g/mol. The van der Waals surface area contributed by atoms with Crippen molar-refractivity contribution in [3.8, 4) is 0 Å². The van der Waals surface area contributed by atoms with Gasteiger partial charge >= 0.3 is 0 Å². The molecule has 1 heterocycles. The van der Waals surface area contributed by atoms with E-state index in [0.717, 1.165) is 26.1 Å². The second-order valence-electron chi connectivity index (χ2n) is 5.42. The summed E-state index contributed by atoms with van der Waals surface area (Å²) in [6.07, 6.45) is 3.73. The van der Waals surface area contributed by atoms with Gasteiger partial charge in [0, 0.05) is 38.6 Å².